The Bertz CT molecular complexity index is 1170. The summed E-state index contributed by atoms with van der Waals surface area (Å²) in [6.45, 7) is 6.23. The van der Waals surface area contributed by atoms with Gasteiger partial charge >= 0.3 is 0 Å². The SMILES string of the molecule is Cc1nc([C@@H]2CCCN(Cc3cn(C)c4ccc(F)cc34)C2)ncc1C(=O)N1CCCCC1. The normalized spacial score (nSPS) is 19.8. The van der Waals surface area contributed by atoms with Crippen molar-refractivity contribution in [1.29, 1.82) is 0 Å². The van der Waals surface area contributed by atoms with E-state index in [-0.39, 0.29) is 17.6 Å². The summed E-state index contributed by atoms with van der Waals surface area (Å²) < 4.78 is 15.9. The minimum atomic E-state index is -0.200. The van der Waals surface area contributed by atoms with Gasteiger partial charge in [-0.2, -0.15) is 0 Å². The first-order valence-electron chi connectivity index (χ1n) is 12.1. The summed E-state index contributed by atoms with van der Waals surface area (Å²) in [4.78, 5) is 26.7. The molecule has 174 valence electrons. The highest BCUT2D eigenvalue weighted by molar-refractivity contribution is 5.95. The summed E-state index contributed by atoms with van der Waals surface area (Å²) in [6.07, 6.45) is 9.30. The largest absolute Gasteiger partial charge is 0.350 e. The molecule has 33 heavy (non-hydrogen) atoms. The second-order valence-electron chi connectivity index (χ2n) is 9.58. The van der Waals surface area contributed by atoms with E-state index in [0.29, 0.717) is 5.56 Å². The highest BCUT2D eigenvalue weighted by Crippen LogP contribution is 2.29. The molecule has 0 saturated carbocycles. The van der Waals surface area contributed by atoms with E-state index >= 15 is 0 Å². The lowest BCUT2D eigenvalue weighted by Crippen LogP contribution is -2.36. The zero-order valence-electron chi connectivity index (χ0n) is 19.6. The minimum Gasteiger partial charge on any atom is -0.350 e. The van der Waals surface area contributed by atoms with Gasteiger partial charge in [0.2, 0.25) is 0 Å². The second kappa shape index (κ2) is 9.21. The first kappa shape index (κ1) is 22.0. The predicted octanol–water partition coefficient (Wildman–Crippen LogP) is 4.42. The van der Waals surface area contributed by atoms with E-state index in [1.165, 1.54) is 12.5 Å². The summed E-state index contributed by atoms with van der Waals surface area (Å²) in [6, 6.07) is 5.00. The van der Waals surface area contributed by atoms with Crippen molar-refractivity contribution in [2.75, 3.05) is 26.2 Å². The number of carbonyl (C=O) groups excluding carboxylic acids is 1. The van der Waals surface area contributed by atoms with Gasteiger partial charge in [-0.3, -0.25) is 9.69 Å². The molecule has 6 nitrogen and oxygen atoms in total. The van der Waals surface area contributed by atoms with E-state index < -0.39 is 0 Å². The summed E-state index contributed by atoms with van der Waals surface area (Å²) in [5.41, 5.74) is 3.60. The Morgan fingerprint density at radius 1 is 1.15 bits per heavy atom. The maximum absolute atomic E-state index is 13.9. The van der Waals surface area contributed by atoms with Crippen molar-refractivity contribution in [2.24, 2.45) is 7.05 Å². The van der Waals surface area contributed by atoms with Gasteiger partial charge in [0.05, 0.1) is 11.3 Å². The van der Waals surface area contributed by atoms with Crippen LogP contribution in [0.1, 0.15) is 65.5 Å². The number of halogens is 1. The molecule has 4 heterocycles. The van der Waals surface area contributed by atoms with Gasteiger partial charge in [-0.1, -0.05) is 0 Å². The van der Waals surface area contributed by atoms with E-state index in [2.05, 4.69) is 20.6 Å². The van der Waals surface area contributed by atoms with Crippen molar-refractivity contribution in [3.8, 4) is 0 Å². The number of fused-ring (bicyclic) bond motifs is 1. The Morgan fingerprint density at radius 3 is 2.76 bits per heavy atom. The molecule has 2 fully saturated rings. The standard InChI is InChI=1S/C26H32FN5O/c1-18-23(26(33)32-11-4-3-5-12-32)14-28-25(29-18)19-7-6-10-31(16-19)17-20-15-30(2)24-9-8-21(27)13-22(20)24/h8-9,13-15,19H,3-7,10-12,16-17H2,1-2H3/t19-/m1/s1. The topological polar surface area (TPSA) is 54.3 Å². The number of rotatable bonds is 4. The molecule has 1 aromatic carbocycles. The molecule has 1 atom stereocenters. The Hall–Kier alpha value is -2.80. The summed E-state index contributed by atoms with van der Waals surface area (Å²) in [7, 11) is 2.01. The predicted molar refractivity (Wildman–Crippen MR) is 127 cm³/mol. The van der Waals surface area contributed by atoms with Gasteiger partial charge in [0.15, 0.2) is 0 Å². The number of nitrogens with zero attached hydrogens (tertiary/aromatic N) is 5. The Morgan fingerprint density at radius 2 is 1.97 bits per heavy atom. The Labute approximate surface area is 194 Å². The molecule has 1 amide bonds. The van der Waals surface area contributed by atoms with Crippen molar-refractivity contribution in [1.82, 2.24) is 24.3 Å². The number of piperidine rings is 2. The maximum Gasteiger partial charge on any atom is 0.257 e. The van der Waals surface area contributed by atoms with Crippen LogP contribution in [0.2, 0.25) is 0 Å². The molecule has 3 aromatic rings. The third-order valence-electron chi connectivity index (χ3n) is 7.17. The van der Waals surface area contributed by atoms with E-state index in [1.807, 2.05) is 24.9 Å². The number of hydrogen-bond acceptors (Lipinski definition) is 4. The molecule has 0 N–H and O–H groups in total. The summed E-state index contributed by atoms with van der Waals surface area (Å²) in [5, 5.41) is 0.979. The van der Waals surface area contributed by atoms with Gasteiger partial charge in [0.1, 0.15) is 11.6 Å². The van der Waals surface area contributed by atoms with Gasteiger partial charge in [-0.25, -0.2) is 14.4 Å². The van der Waals surface area contributed by atoms with Crippen molar-refractivity contribution >= 4 is 16.8 Å². The fraction of sp³-hybridized carbons (Fsp3) is 0.500. The van der Waals surface area contributed by atoms with E-state index in [9.17, 15) is 9.18 Å². The molecule has 0 spiro atoms. The van der Waals surface area contributed by atoms with E-state index in [4.69, 9.17) is 4.98 Å². The quantitative estimate of drug-likeness (QED) is 0.592. The molecule has 7 heteroatoms. The van der Waals surface area contributed by atoms with Gasteiger partial charge in [-0.05, 0) is 69.3 Å². The first-order valence-corrected chi connectivity index (χ1v) is 12.1. The molecule has 2 aliphatic heterocycles. The van der Waals surface area contributed by atoms with Crippen LogP contribution in [0.5, 0.6) is 0 Å². The zero-order valence-corrected chi connectivity index (χ0v) is 19.6. The molecule has 2 saturated heterocycles. The molecule has 0 aliphatic carbocycles. The number of carbonyl (C=O) groups is 1. The Kier molecular flexibility index (Phi) is 6.15. The number of aryl methyl sites for hydroxylation is 2. The highest BCUT2D eigenvalue weighted by atomic mass is 19.1. The molecule has 0 radical (unpaired) electrons. The van der Waals surface area contributed by atoms with Gasteiger partial charge in [0, 0.05) is 62.4 Å². The van der Waals surface area contributed by atoms with Crippen LogP contribution >= 0.6 is 0 Å². The van der Waals surface area contributed by atoms with E-state index in [0.717, 1.165) is 86.4 Å². The monoisotopic (exact) mass is 449 g/mol. The third-order valence-corrected chi connectivity index (χ3v) is 7.17. The molecule has 0 unspecified atom stereocenters. The smallest absolute Gasteiger partial charge is 0.257 e. The number of benzene rings is 1. The number of amides is 1. The van der Waals surface area contributed by atoms with Crippen LogP contribution in [0.25, 0.3) is 10.9 Å². The van der Waals surface area contributed by atoms with Crippen LogP contribution in [0.15, 0.2) is 30.6 Å². The zero-order chi connectivity index (χ0) is 22.9. The number of hydrogen-bond donors (Lipinski definition) is 0. The van der Waals surface area contributed by atoms with Crippen molar-refractivity contribution in [2.45, 2.75) is 51.5 Å². The highest BCUT2D eigenvalue weighted by Gasteiger charge is 2.26. The summed E-state index contributed by atoms with van der Waals surface area (Å²) in [5.74, 6) is 0.932. The number of likely N-dealkylation sites (tertiary alicyclic amines) is 2. The lowest BCUT2D eigenvalue weighted by Gasteiger charge is -2.32. The van der Waals surface area contributed by atoms with Crippen LogP contribution in [-0.4, -0.2) is 56.4 Å². The summed E-state index contributed by atoms with van der Waals surface area (Å²) >= 11 is 0. The fourth-order valence-corrected chi connectivity index (χ4v) is 5.38. The lowest BCUT2D eigenvalue weighted by atomic mass is 9.96. The van der Waals surface area contributed by atoms with Crippen LogP contribution in [0.3, 0.4) is 0 Å². The van der Waals surface area contributed by atoms with Gasteiger partial charge in [-0.15, -0.1) is 0 Å². The molecule has 0 bridgehead atoms. The molecule has 2 aliphatic rings. The lowest BCUT2D eigenvalue weighted by molar-refractivity contribution is 0.0722. The first-order chi connectivity index (χ1) is 16.0. The van der Waals surface area contributed by atoms with Crippen LogP contribution in [-0.2, 0) is 13.6 Å². The number of aromatic nitrogens is 3. The molecular weight excluding hydrogens is 417 g/mol. The molecule has 5 rings (SSSR count). The van der Waals surface area contributed by atoms with Crippen molar-refractivity contribution in [3.05, 3.63) is 59.1 Å². The van der Waals surface area contributed by atoms with E-state index in [1.54, 1.807) is 12.3 Å². The maximum atomic E-state index is 13.9. The van der Waals surface area contributed by atoms with Crippen LogP contribution < -0.4 is 0 Å². The van der Waals surface area contributed by atoms with Crippen molar-refractivity contribution in [3.63, 3.8) is 0 Å². The second-order valence-corrected chi connectivity index (χ2v) is 9.58. The Balaban J connectivity index is 1.30. The van der Waals surface area contributed by atoms with Crippen LogP contribution in [0.4, 0.5) is 4.39 Å². The molecule has 2 aromatic heterocycles. The van der Waals surface area contributed by atoms with Crippen molar-refractivity contribution < 1.29 is 9.18 Å². The van der Waals surface area contributed by atoms with Crippen LogP contribution in [0, 0.1) is 12.7 Å². The average molecular weight is 450 g/mol. The van der Waals surface area contributed by atoms with Gasteiger partial charge in [0.25, 0.3) is 5.91 Å². The molecular formula is C26H32FN5O. The third kappa shape index (κ3) is 4.51. The van der Waals surface area contributed by atoms with Gasteiger partial charge < -0.3 is 9.47 Å². The fourth-order valence-electron chi connectivity index (χ4n) is 5.38. The average Bonchev–Trinajstić information content (AvgIpc) is 3.13. The minimum absolute atomic E-state index is 0.0622.